The fraction of sp³-hybridized carbons (Fsp3) is 0.944. The van der Waals surface area contributed by atoms with Crippen LogP contribution < -0.4 is 10.6 Å². The Morgan fingerprint density at radius 3 is 2.44 bits per heavy atom. The molecule has 2 N–H and O–H groups in total. The predicted molar refractivity (Wildman–Crippen MR) is 114 cm³/mol. The lowest BCUT2D eigenvalue weighted by Crippen LogP contribution is -2.56. The van der Waals surface area contributed by atoms with Gasteiger partial charge in [-0.25, -0.2) is 0 Å². The van der Waals surface area contributed by atoms with Gasteiger partial charge >= 0.3 is 0 Å². The third-order valence-electron chi connectivity index (χ3n) is 5.91. The summed E-state index contributed by atoms with van der Waals surface area (Å²) in [5.41, 5.74) is 0. The number of aliphatic imine (C=N–C) groups is 1. The summed E-state index contributed by atoms with van der Waals surface area (Å²) in [7, 11) is 4.08. The fourth-order valence-electron chi connectivity index (χ4n) is 4.30. The fourth-order valence-corrected chi connectivity index (χ4v) is 4.30. The van der Waals surface area contributed by atoms with Gasteiger partial charge in [-0.05, 0) is 32.2 Å². The van der Waals surface area contributed by atoms with Gasteiger partial charge in [0.05, 0.1) is 18.2 Å². The highest BCUT2D eigenvalue weighted by molar-refractivity contribution is 14.0. The van der Waals surface area contributed by atoms with Gasteiger partial charge in [0.25, 0.3) is 0 Å². The Bertz CT molecular complexity index is 439. The van der Waals surface area contributed by atoms with Gasteiger partial charge in [-0.3, -0.25) is 9.89 Å². The number of halogens is 1. The molecule has 3 aliphatic rings. The first-order valence-corrected chi connectivity index (χ1v) is 9.62. The number of piperazine rings is 1. The monoisotopic (exact) mass is 465 g/mol. The molecule has 0 aliphatic carbocycles. The van der Waals surface area contributed by atoms with Crippen LogP contribution in [-0.4, -0.2) is 86.9 Å². The van der Waals surface area contributed by atoms with Crippen LogP contribution in [0.4, 0.5) is 0 Å². The number of fused-ring (bicyclic) bond motifs is 2. The van der Waals surface area contributed by atoms with E-state index in [4.69, 9.17) is 4.74 Å². The normalized spacial score (nSPS) is 31.9. The molecule has 0 aromatic heterocycles. The Morgan fingerprint density at radius 2 is 1.92 bits per heavy atom. The lowest BCUT2D eigenvalue weighted by Gasteiger charge is -2.40. The molecule has 2 bridgehead atoms. The van der Waals surface area contributed by atoms with Crippen LogP contribution in [-0.2, 0) is 4.74 Å². The molecule has 4 unspecified atom stereocenters. The average Bonchev–Trinajstić information content (AvgIpc) is 3.18. The van der Waals surface area contributed by atoms with Crippen molar-refractivity contribution >= 4 is 29.9 Å². The Kier molecular flexibility index (Phi) is 8.23. The van der Waals surface area contributed by atoms with Crippen LogP contribution in [0.3, 0.4) is 0 Å². The molecule has 3 aliphatic heterocycles. The van der Waals surface area contributed by atoms with Gasteiger partial charge in [-0.2, -0.15) is 0 Å². The Balaban J connectivity index is 0.00000225. The zero-order valence-electron chi connectivity index (χ0n) is 16.2. The molecule has 0 radical (unpaired) electrons. The second-order valence-electron chi connectivity index (χ2n) is 7.96. The summed E-state index contributed by atoms with van der Waals surface area (Å²) in [5.74, 6) is 1.56. The van der Waals surface area contributed by atoms with E-state index in [0.29, 0.717) is 30.2 Å². The van der Waals surface area contributed by atoms with E-state index in [1.165, 1.54) is 25.9 Å². The van der Waals surface area contributed by atoms with Crippen molar-refractivity contribution in [1.29, 1.82) is 0 Å². The maximum absolute atomic E-state index is 5.94. The summed E-state index contributed by atoms with van der Waals surface area (Å²) in [4.78, 5) is 9.48. The summed E-state index contributed by atoms with van der Waals surface area (Å²) in [6.07, 6.45) is 4.40. The molecular formula is C18H36IN5O. The van der Waals surface area contributed by atoms with E-state index in [9.17, 15) is 0 Å². The quantitative estimate of drug-likeness (QED) is 0.365. The highest BCUT2D eigenvalue weighted by Crippen LogP contribution is 2.34. The van der Waals surface area contributed by atoms with Crippen molar-refractivity contribution in [1.82, 2.24) is 20.4 Å². The van der Waals surface area contributed by atoms with Crippen LogP contribution in [0.25, 0.3) is 0 Å². The molecule has 146 valence electrons. The molecule has 3 saturated heterocycles. The van der Waals surface area contributed by atoms with Gasteiger partial charge in [-0.15, -0.1) is 24.0 Å². The SMILES string of the molecule is CN=C(NCC(C(C)C)N1CCN(C)CC1)NC1CC2CCC1O2.I. The van der Waals surface area contributed by atoms with Crippen molar-refractivity contribution in [2.45, 2.75) is 57.4 Å². The highest BCUT2D eigenvalue weighted by Gasteiger charge is 2.41. The van der Waals surface area contributed by atoms with E-state index >= 15 is 0 Å². The molecular weight excluding hydrogens is 429 g/mol. The largest absolute Gasteiger partial charge is 0.373 e. The van der Waals surface area contributed by atoms with E-state index in [2.05, 4.69) is 46.3 Å². The number of hydrogen-bond acceptors (Lipinski definition) is 4. The molecule has 4 atom stereocenters. The Hall–Kier alpha value is -0.120. The number of likely N-dealkylation sites (N-methyl/N-ethyl adjacent to an activating group) is 1. The average molecular weight is 465 g/mol. The van der Waals surface area contributed by atoms with Crippen LogP contribution in [0, 0.1) is 5.92 Å². The Morgan fingerprint density at radius 1 is 1.20 bits per heavy atom. The topological polar surface area (TPSA) is 52.1 Å². The molecule has 3 rings (SSSR count). The molecule has 0 spiro atoms. The number of hydrogen-bond donors (Lipinski definition) is 2. The Labute approximate surface area is 170 Å². The smallest absolute Gasteiger partial charge is 0.191 e. The zero-order valence-corrected chi connectivity index (χ0v) is 18.5. The van der Waals surface area contributed by atoms with Gasteiger partial charge in [0, 0.05) is 45.8 Å². The van der Waals surface area contributed by atoms with Crippen LogP contribution in [0.15, 0.2) is 4.99 Å². The molecule has 0 aromatic carbocycles. The molecule has 0 aromatic rings. The first-order chi connectivity index (χ1) is 11.6. The third-order valence-corrected chi connectivity index (χ3v) is 5.91. The summed E-state index contributed by atoms with van der Waals surface area (Å²) in [6, 6.07) is 0.976. The second-order valence-corrected chi connectivity index (χ2v) is 7.96. The van der Waals surface area contributed by atoms with E-state index < -0.39 is 0 Å². The number of rotatable bonds is 5. The van der Waals surface area contributed by atoms with Gasteiger partial charge in [0.2, 0.25) is 0 Å². The van der Waals surface area contributed by atoms with E-state index in [-0.39, 0.29) is 24.0 Å². The van der Waals surface area contributed by atoms with Gasteiger partial charge in [0.1, 0.15) is 0 Å². The van der Waals surface area contributed by atoms with E-state index in [1.807, 2.05) is 7.05 Å². The van der Waals surface area contributed by atoms with Crippen molar-refractivity contribution in [3.8, 4) is 0 Å². The number of nitrogens with one attached hydrogen (secondary N) is 2. The summed E-state index contributed by atoms with van der Waals surface area (Å²) >= 11 is 0. The zero-order chi connectivity index (χ0) is 17.1. The van der Waals surface area contributed by atoms with Gasteiger partial charge in [0.15, 0.2) is 5.96 Å². The minimum Gasteiger partial charge on any atom is -0.373 e. The molecule has 25 heavy (non-hydrogen) atoms. The highest BCUT2D eigenvalue weighted by atomic mass is 127. The summed E-state index contributed by atoms with van der Waals surface area (Å²) in [5, 5.41) is 7.16. The van der Waals surface area contributed by atoms with Gasteiger partial charge < -0.3 is 20.3 Å². The molecule has 7 heteroatoms. The number of ether oxygens (including phenoxy) is 1. The van der Waals surface area contributed by atoms with Gasteiger partial charge in [-0.1, -0.05) is 13.8 Å². The van der Waals surface area contributed by atoms with Crippen molar-refractivity contribution in [3.63, 3.8) is 0 Å². The molecule has 0 saturated carbocycles. The summed E-state index contributed by atoms with van der Waals surface area (Å²) < 4.78 is 5.94. The van der Waals surface area contributed by atoms with Crippen LogP contribution >= 0.6 is 24.0 Å². The summed E-state index contributed by atoms with van der Waals surface area (Å²) in [6.45, 7) is 10.2. The molecule has 6 nitrogen and oxygen atoms in total. The van der Waals surface area contributed by atoms with E-state index in [1.54, 1.807) is 0 Å². The predicted octanol–water partition coefficient (Wildman–Crippen LogP) is 1.36. The minimum atomic E-state index is 0. The van der Waals surface area contributed by atoms with Crippen LogP contribution in [0.2, 0.25) is 0 Å². The van der Waals surface area contributed by atoms with Crippen molar-refractivity contribution in [2.75, 3.05) is 46.8 Å². The van der Waals surface area contributed by atoms with Crippen molar-refractivity contribution in [2.24, 2.45) is 10.9 Å². The standard InChI is InChI=1S/C18H35N5O.HI/c1-13(2)16(23-9-7-22(4)8-10-23)12-20-18(19-3)21-15-11-14-5-6-17(15)24-14;/h13-17H,5-12H2,1-4H3,(H2,19,20,21);1H. The molecule has 0 amide bonds. The first kappa shape index (κ1) is 21.2. The molecule has 3 fully saturated rings. The lowest BCUT2D eigenvalue weighted by atomic mass is 9.96. The minimum absolute atomic E-state index is 0. The number of guanidine groups is 1. The third kappa shape index (κ3) is 5.43. The lowest BCUT2D eigenvalue weighted by molar-refractivity contribution is 0.0897. The van der Waals surface area contributed by atoms with Crippen molar-refractivity contribution < 1.29 is 4.74 Å². The molecule has 3 heterocycles. The maximum Gasteiger partial charge on any atom is 0.191 e. The first-order valence-electron chi connectivity index (χ1n) is 9.62. The van der Waals surface area contributed by atoms with Crippen molar-refractivity contribution in [3.05, 3.63) is 0 Å². The number of nitrogens with zero attached hydrogens (tertiary/aromatic N) is 3. The van der Waals surface area contributed by atoms with E-state index in [0.717, 1.165) is 32.0 Å². The second kappa shape index (κ2) is 9.71. The van der Waals surface area contributed by atoms with Crippen LogP contribution in [0.5, 0.6) is 0 Å². The maximum atomic E-state index is 5.94. The van der Waals surface area contributed by atoms with Crippen LogP contribution in [0.1, 0.15) is 33.1 Å².